The Morgan fingerprint density at radius 1 is 0.812 bits per heavy atom. The van der Waals surface area contributed by atoms with E-state index in [2.05, 4.69) is 116 Å². The molecule has 3 aromatic carbocycles. The molecule has 2 heterocycles. The summed E-state index contributed by atoms with van der Waals surface area (Å²) in [6.07, 6.45) is 4.36. The predicted octanol–water partition coefficient (Wildman–Crippen LogP) is 7.37. The molecular formula is C30H35N2+. The fourth-order valence-electron chi connectivity index (χ4n) is 4.72. The van der Waals surface area contributed by atoms with Crippen molar-refractivity contribution in [2.45, 2.75) is 52.9 Å². The maximum absolute atomic E-state index is 2.41. The molecule has 0 bridgehead atoms. The molecule has 0 spiro atoms. The Labute approximate surface area is 192 Å². The number of hydrogen-bond donors (Lipinski definition) is 0. The van der Waals surface area contributed by atoms with Crippen LogP contribution in [0, 0.1) is 0 Å². The number of aryl methyl sites for hydroxylation is 1. The van der Waals surface area contributed by atoms with E-state index in [4.69, 9.17) is 0 Å². The summed E-state index contributed by atoms with van der Waals surface area (Å²) in [5.41, 5.74) is 6.75. The Morgan fingerprint density at radius 2 is 1.47 bits per heavy atom. The van der Waals surface area contributed by atoms with Gasteiger partial charge in [-0.3, -0.25) is 0 Å². The van der Waals surface area contributed by atoms with E-state index in [9.17, 15) is 0 Å². The number of pyridine rings is 1. The van der Waals surface area contributed by atoms with Crippen LogP contribution in [0.15, 0.2) is 79.0 Å². The molecule has 32 heavy (non-hydrogen) atoms. The van der Waals surface area contributed by atoms with Crippen molar-refractivity contribution in [2.24, 2.45) is 7.05 Å². The van der Waals surface area contributed by atoms with Crippen molar-refractivity contribution < 1.29 is 4.40 Å². The Morgan fingerprint density at radius 3 is 2.19 bits per heavy atom. The average Bonchev–Trinajstić information content (AvgIpc) is 3.17. The molecular weight excluding hydrogens is 388 g/mol. The molecule has 0 N–H and O–H groups in total. The molecule has 0 unspecified atom stereocenters. The number of rotatable bonds is 4. The maximum atomic E-state index is 2.41. The molecule has 2 nitrogen and oxygen atoms in total. The second-order valence-electron chi connectivity index (χ2n) is 9.02. The summed E-state index contributed by atoms with van der Waals surface area (Å²) >= 11 is 0. The van der Waals surface area contributed by atoms with Gasteiger partial charge < -0.3 is 0 Å². The minimum absolute atomic E-state index is 0.110. The average molecular weight is 424 g/mol. The van der Waals surface area contributed by atoms with Gasteiger partial charge in [0.05, 0.1) is 12.4 Å². The van der Waals surface area contributed by atoms with Crippen LogP contribution in [0.1, 0.15) is 57.9 Å². The van der Waals surface area contributed by atoms with Gasteiger partial charge in [-0.05, 0) is 29.0 Å². The van der Waals surface area contributed by atoms with Gasteiger partial charge in [0.25, 0.3) is 5.65 Å². The number of benzene rings is 3. The van der Waals surface area contributed by atoms with Gasteiger partial charge in [-0.15, -0.1) is 0 Å². The van der Waals surface area contributed by atoms with Crippen molar-refractivity contribution in [1.29, 1.82) is 0 Å². The summed E-state index contributed by atoms with van der Waals surface area (Å²) < 4.78 is 4.81. The molecule has 0 saturated carbocycles. The first-order valence-corrected chi connectivity index (χ1v) is 11.9. The van der Waals surface area contributed by atoms with Crippen molar-refractivity contribution in [3.63, 3.8) is 0 Å². The normalized spacial score (nSPS) is 11.7. The second-order valence-corrected chi connectivity index (χ2v) is 9.02. The highest BCUT2D eigenvalue weighted by atomic mass is 15.1. The van der Waals surface area contributed by atoms with Crippen molar-refractivity contribution >= 4 is 27.3 Å². The van der Waals surface area contributed by atoms with Crippen molar-refractivity contribution in [1.82, 2.24) is 4.57 Å². The highest BCUT2D eigenvalue weighted by Gasteiger charge is 2.28. The Kier molecular flexibility index (Phi) is 6.06. The van der Waals surface area contributed by atoms with Gasteiger partial charge >= 0.3 is 0 Å². The first-order chi connectivity index (χ1) is 15.5. The van der Waals surface area contributed by atoms with Crippen LogP contribution in [0.25, 0.3) is 27.3 Å². The van der Waals surface area contributed by atoms with E-state index < -0.39 is 0 Å². The lowest BCUT2D eigenvalue weighted by molar-refractivity contribution is -0.479. The first-order valence-electron chi connectivity index (χ1n) is 11.9. The summed E-state index contributed by atoms with van der Waals surface area (Å²) in [6, 6.07) is 26.4. The number of fused-ring (bicyclic) bond motifs is 6. The minimum atomic E-state index is 0.110. The fourth-order valence-corrected chi connectivity index (χ4v) is 4.72. The van der Waals surface area contributed by atoms with Crippen LogP contribution in [0.2, 0.25) is 0 Å². The Balaban J connectivity index is 0.00000119. The SMILES string of the molecule is CC.CCC(C)(C)c1cccc2c3ccccc3[n+]3cc(Cc4ccccc4)n(C)c3c12. The molecule has 0 atom stereocenters. The standard InChI is InChI=1S/C28H29N2.C2H6/c1-5-28(2,3)24-16-11-15-23-22-14-9-10-17-25(22)30-19-21(29(4)27(30)26(23)24)18-20-12-7-6-8-13-20;1-2/h6-17,19H,5,18H2,1-4H3;1-2H3/q+1;. The lowest BCUT2D eigenvalue weighted by atomic mass is 9.79. The van der Waals surface area contributed by atoms with E-state index in [1.54, 1.807) is 0 Å². The van der Waals surface area contributed by atoms with Crippen LogP contribution in [-0.4, -0.2) is 4.57 Å². The van der Waals surface area contributed by atoms with Crippen LogP contribution in [-0.2, 0) is 18.9 Å². The van der Waals surface area contributed by atoms with Gasteiger partial charge in [-0.1, -0.05) is 101 Å². The summed E-state index contributed by atoms with van der Waals surface area (Å²) in [6.45, 7) is 11.0. The van der Waals surface area contributed by atoms with Crippen LogP contribution in [0.5, 0.6) is 0 Å². The smallest absolute Gasteiger partial charge is 0.229 e. The third-order valence-corrected chi connectivity index (χ3v) is 6.84. The summed E-state index contributed by atoms with van der Waals surface area (Å²) in [5, 5.41) is 4.04. The van der Waals surface area contributed by atoms with Crippen LogP contribution < -0.4 is 4.40 Å². The zero-order chi connectivity index (χ0) is 22.9. The minimum Gasteiger partial charge on any atom is -0.229 e. The van der Waals surface area contributed by atoms with Crippen molar-refractivity contribution in [3.8, 4) is 0 Å². The topological polar surface area (TPSA) is 9.03 Å². The predicted molar refractivity (Wildman–Crippen MR) is 137 cm³/mol. The largest absolute Gasteiger partial charge is 0.295 e. The van der Waals surface area contributed by atoms with Gasteiger partial charge in [-0.2, -0.15) is 4.40 Å². The van der Waals surface area contributed by atoms with Gasteiger partial charge in [0.2, 0.25) is 0 Å². The molecule has 0 aliphatic heterocycles. The van der Waals surface area contributed by atoms with Gasteiger partial charge in [0.1, 0.15) is 17.4 Å². The zero-order valence-corrected chi connectivity index (χ0v) is 20.3. The van der Waals surface area contributed by atoms with E-state index in [0.717, 1.165) is 12.8 Å². The maximum Gasteiger partial charge on any atom is 0.295 e. The fraction of sp³-hybridized carbons (Fsp3) is 0.300. The van der Waals surface area contributed by atoms with Crippen molar-refractivity contribution in [2.75, 3.05) is 0 Å². The van der Waals surface area contributed by atoms with E-state index in [0.29, 0.717) is 0 Å². The van der Waals surface area contributed by atoms with E-state index >= 15 is 0 Å². The van der Waals surface area contributed by atoms with Crippen LogP contribution in [0.4, 0.5) is 0 Å². The molecule has 0 fully saturated rings. The van der Waals surface area contributed by atoms with Crippen molar-refractivity contribution in [3.05, 3.63) is 95.8 Å². The summed E-state index contributed by atoms with van der Waals surface area (Å²) in [5.74, 6) is 0. The lowest BCUT2D eigenvalue weighted by Gasteiger charge is -2.25. The molecule has 0 amide bonds. The molecule has 2 aromatic heterocycles. The molecule has 0 aliphatic carbocycles. The summed E-state index contributed by atoms with van der Waals surface area (Å²) in [4.78, 5) is 0. The molecule has 5 aromatic rings. The van der Waals surface area contributed by atoms with E-state index in [-0.39, 0.29) is 5.41 Å². The molecule has 2 heteroatoms. The molecule has 5 rings (SSSR count). The molecule has 0 saturated heterocycles. The summed E-state index contributed by atoms with van der Waals surface area (Å²) in [7, 11) is 2.22. The second kappa shape index (κ2) is 8.78. The van der Waals surface area contributed by atoms with E-state index in [1.165, 1.54) is 44.1 Å². The Hall–Kier alpha value is -3.13. The molecule has 0 radical (unpaired) electrons. The van der Waals surface area contributed by atoms with Gasteiger partial charge in [-0.25, -0.2) is 4.57 Å². The highest BCUT2D eigenvalue weighted by Crippen LogP contribution is 2.37. The quantitative estimate of drug-likeness (QED) is 0.211. The first kappa shape index (κ1) is 22.1. The number of imidazole rings is 1. The highest BCUT2D eigenvalue weighted by molar-refractivity contribution is 6.10. The van der Waals surface area contributed by atoms with Gasteiger partial charge in [0.15, 0.2) is 0 Å². The number of aromatic nitrogens is 2. The Bertz CT molecular complexity index is 1370. The third kappa shape index (κ3) is 3.58. The molecule has 0 aliphatic rings. The zero-order valence-electron chi connectivity index (χ0n) is 20.3. The number of para-hydroxylation sites is 1. The van der Waals surface area contributed by atoms with E-state index in [1.807, 2.05) is 13.8 Å². The van der Waals surface area contributed by atoms with Crippen LogP contribution >= 0.6 is 0 Å². The lowest BCUT2D eigenvalue weighted by Crippen LogP contribution is -2.23. The third-order valence-electron chi connectivity index (χ3n) is 6.84. The van der Waals surface area contributed by atoms with Crippen LogP contribution in [0.3, 0.4) is 0 Å². The number of hydrogen-bond acceptors (Lipinski definition) is 0. The number of nitrogens with zero attached hydrogens (tertiary/aromatic N) is 2. The van der Waals surface area contributed by atoms with Gasteiger partial charge in [0, 0.05) is 17.2 Å². The monoisotopic (exact) mass is 423 g/mol. The molecule has 164 valence electrons.